The van der Waals surface area contributed by atoms with Gasteiger partial charge in [0.15, 0.2) is 0 Å². The van der Waals surface area contributed by atoms with Gasteiger partial charge in [0.05, 0.1) is 19.8 Å². The fourth-order valence-electron chi connectivity index (χ4n) is 2.39. The monoisotopic (exact) mass is 335 g/mol. The van der Waals surface area contributed by atoms with Crippen LogP contribution in [0.3, 0.4) is 0 Å². The number of amides is 2. The Morgan fingerprint density at radius 2 is 1.92 bits per heavy atom. The highest BCUT2D eigenvalue weighted by Gasteiger charge is 2.14. The normalized spacial score (nSPS) is 15.0. The first-order valence-corrected chi connectivity index (χ1v) is 8.16. The standard InChI is InChI=1S/C17H25N3O4/c1-23-10-2-7-18-17(22)14-3-5-15(6-4-14)19-16(21)13-20-8-11-24-12-9-20/h3-6H,2,7-13H2,1H3,(H,18,22)(H,19,21). The van der Waals surface area contributed by atoms with Crippen LogP contribution in [0, 0.1) is 0 Å². The van der Waals surface area contributed by atoms with Crippen LogP contribution in [0.2, 0.25) is 0 Å². The van der Waals surface area contributed by atoms with Crippen molar-refractivity contribution in [3.05, 3.63) is 29.8 Å². The molecule has 1 fully saturated rings. The molecule has 0 aromatic heterocycles. The van der Waals surface area contributed by atoms with Gasteiger partial charge in [0.25, 0.3) is 5.91 Å². The van der Waals surface area contributed by atoms with Gasteiger partial charge in [-0.05, 0) is 30.7 Å². The van der Waals surface area contributed by atoms with Gasteiger partial charge in [0, 0.05) is 44.6 Å². The zero-order valence-electron chi connectivity index (χ0n) is 14.0. The smallest absolute Gasteiger partial charge is 0.251 e. The van der Waals surface area contributed by atoms with Gasteiger partial charge in [0.2, 0.25) is 5.91 Å². The largest absolute Gasteiger partial charge is 0.385 e. The Labute approximate surface area is 142 Å². The maximum absolute atomic E-state index is 12.0. The zero-order chi connectivity index (χ0) is 17.2. The first-order valence-electron chi connectivity index (χ1n) is 8.16. The van der Waals surface area contributed by atoms with E-state index in [4.69, 9.17) is 9.47 Å². The molecule has 2 N–H and O–H groups in total. The molecule has 0 atom stereocenters. The maximum Gasteiger partial charge on any atom is 0.251 e. The van der Waals surface area contributed by atoms with Gasteiger partial charge >= 0.3 is 0 Å². The third kappa shape index (κ3) is 6.27. The molecule has 0 saturated carbocycles. The highest BCUT2D eigenvalue weighted by Crippen LogP contribution is 2.10. The van der Waals surface area contributed by atoms with Gasteiger partial charge in [-0.1, -0.05) is 0 Å². The molecule has 1 aliphatic rings. The molecule has 1 saturated heterocycles. The van der Waals surface area contributed by atoms with Crippen LogP contribution >= 0.6 is 0 Å². The second-order valence-corrected chi connectivity index (χ2v) is 5.62. The van der Waals surface area contributed by atoms with Gasteiger partial charge in [-0.25, -0.2) is 0 Å². The maximum atomic E-state index is 12.0. The van der Waals surface area contributed by atoms with Crippen molar-refractivity contribution in [1.29, 1.82) is 0 Å². The van der Waals surface area contributed by atoms with E-state index in [1.54, 1.807) is 31.4 Å². The number of nitrogens with one attached hydrogen (secondary N) is 2. The fraction of sp³-hybridized carbons (Fsp3) is 0.529. The van der Waals surface area contributed by atoms with E-state index in [0.29, 0.717) is 44.2 Å². The van der Waals surface area contributed by atoms with Gasteiger partial charge in [0.1, 0.15) is 0 Å². The lowest BCUT2D eigenvalue weighted by atomic mass is 10.2. The summed E-state index contributed by atoms with van der Waals surface area (Å²) in [5.41, 5.74) is 1.25. The minimum Gasteiger partial charge on any atom is -0.385 e. The van der Waals surface area contributed by atoms with Crippen LogP contribution in [-0.4, -0.2) is 69.8 Å². The summed E-state index contributed by atoms with van der Waals surface area (Å²) < 4.78 is 10.2. The molecule has 0 spiro atoms. The number of rotatable bonds is 8. The lowest BCUT2D eigenvalue weighted by molar-refractivity contribution is -0.118. The Morgan fingerprint density at radius 3 is 2.58 bits per heavy atom. The zero-order valence-corrected chi connectivity index (χ0v) is 14.0. The Balaban J connectivity index is 1.76. The van der Waals surface area contributed by atoms with E-state index >= 15 is 0 Å². The molecular weight excluding hydrogens is 310 g/mol. The van der Waals surface area contributed by atoms with Crippen molar-refractivity contribution < 1.29 is 19.1 Å². The number of methoxy groups -OCH3 is 1. The molecule has 1 aromatic carbocycles. The predicted molar refractivity (Wildman–Crippen MR) is 91.2 cm³/mol. The summed E-state index contributed by atoms with van der Waals surface area (Å²) in [5.74, 6) is -0.189. The average molecular weight is 335 g/mol. The summed E-state index contributed by atoms with van der Waals surface area (Å²) in [7, 11) is 1.63. The van der Waals surface area contributed by atoms with Gasteiger partial charge < -0.3 is 20.1 Å². The molecule has 1 heterocycles. The van der Waals surface area contributed by atoms with Crippen molar-refractivity contribution >= 4 is 17.5 Å². The molecule has 1 aliphatic heterocycles. The lowest BCUT2D eigenvalue weighted by Crippen LogP contribution is -2.41. The van der Waals surface area contributed by atoms with E-state index in [9.17, 15) is 9.59 Å². The van der Waals surface area contributed by atoms with E-state index in [1.165, 1.54) is 0 Å². The van der Waals surface area contributed by atoms with Crippen LogP contribution in [0.5, 0.6) is 0 Å². The number of nitrogens with zero attached hydrogens (tertiary/aromatic N) is 1. The molecule has 0 bridgehead atoms. The second-order valence-electron chi connectivity index (χ2n) is 5.62. The molecule has 24 heavy (non-hydrogen) atoms. The number of carbonyl (C=O) groups is 2. The minimum absolute atomic E-state index is 0.0614. The second kappa shape index (κ2) is 10.0. The Bertz CT molecular complexity index is 527. The summed E-state index contributed by atoms with van der Waals surface area (Å²) in [5, 5.41) is 5.67. The highest BCUT2D eigenvalue weighted by molar-refractivity contribution is 5.96. The summed E-state index contributed by atoms with van der Waals surface area (Å²) in [6.07, 6.45) is 0.776. The van der Waals surface area contributed by atoms with Gasteiger partial charge in [-0.2, -0.15) is 0 Å². The molecule has 7 heteroatoms. The quantitative estimate of drug-likeness (QED) is 0.685. The van der Waals surface area contributed by atoms with Crippen LogP contribution in [0.1, 0.15) is 16.8 Å². The van der Waals surface area contributed by atoms with Gasteiger partial charge in [-0.3, -0.25) is 14.5 Å². The lowest BCUT2D eigenvalue weighted by Gasteiger charge is -2.25. The van der Waals surface area contributed by atoms with Crippen molar-refractivity contribution in [2.75, 3.05) is 58.4 Å². The summed E-state index contributed by atoms with van der Waals surface area (Å²) in [6, 6.07) is 6.88. The van der Waals surface area contributed by atoms with Crippen LogP contribution in [-0.2, 0) is 14.3 Å². The summed E-state index contributed by atoms with van der Waals surface area (Å²) >= 11 is 0. The average Bonchev–Trinajstić information content (AvgIpc) is 2.60. The first kappa shape index (κ1) is 18.4. The molecule has 2 rings (SSSR count). The molecule has 132 valence electrons. The van der Waals surface area contributed by atoms with Crippen LogP contribution < -0.4 is 10.6 Å². The Hall–Kier alpha value is -1.96. The third-order valence-corrected chi connectivity index (χ3v) is 3.71. The van der Waals surface area contributed by atoms with E-state index in [0.717, 1.165) is 19.5 Å². The number of morpholine rings is 1. The van der Waals surface area contributed by atoms with Crippen LogP contribution in [0.4, 0.5) is 5.69 Å². The van der Waals surface area contributed by atoms with Crippen molar-refractivity contribution in [3.8, 4) is 0 Å². The molecule has 0 aliphatic carbocycles. The molecule has 1 aromatic rings. The van der Waals surface area contributed by atoms with E-state index in [1.807, 2.05) is 0 Å². The number of anilines is 1. The third-order valence-electron chi connectivity index (χ3n) is 3.71. The Kier molecular flexibility index (Phi) is 7.67. The molecule has 0 unspecified atom stereocenters. The number of carbonyl (C=O) groups excluding carboxylic acids is 2. The molecule has 0 radical (unpaired) electrons. The number of hydrogen-bond acceptors (Lipinski definition) is 5. The first-order chi connectivity index (χ1) is 11.7. The number of benzene rings is 1. The van der Waals surface area contributed by atoms with E-state index < -0.39 is 0 Å². The van der Waals surface area contributed by atoms with Crippen molar-refractivity contribution in [3.63, 3.8) is 0 Å². The van der Waals surface area contributed by atoms with Crippen LogP contribution in [0.25, 0.3) is 0 Å². The molecule has 7 nitrogen and oxygen atoms in total. The van der Waals surface area contributed by atoms with Crippen molar-refractivity contribution in [2.24, 2.45) is 0 Å². The van der Waals surface area contributed by atoms with Crippen LogP contribution in [0.15, 0.2) is 24.3 Å². The summed E-state index contributed by atoms with van der Waals surface area (Å²) in [4.78, 5) is 26.0. The predicted octanol–water partition coefficient (Wildman–Crippen LogP) is 0.724. The van der Waals surface area contributed by atoms with Gasteiger partial charge in [-0.15, -0.1) is 0 Å². The number of hydrogen-bond donors (Lipinski definition) is 2. The Morgan fingerprint density at radius 1 is 1.21 bits per heavy atom. The fourth-order valence-corrected chi connectivity index (χ4v) is 2.39. The van der Waals surface area contributed by atoms with Crippen molar-refractivity contribution in [1.82, 2.24) is 10.2 Å². The molecule has 2 amide bonds. The molecular formula is C17H25N3O4. The highest BCUT2D eigenvalue weighted by atomic mass is 16.5. The SMILES string of the molecule is COCCCNC(=O)c1ccc(NC(=O)CN2CCOCC2)cc1. The number of ether oxygens (including phenoxy) is 2. The van der Waals surface area contributed by atoms with E-state index in [-0.39, 0.29) is 11.8 Å². The van der Waals surface area contributed by atoms with Crippen molar-refractivity contribution in [2.45, 2.75) is 6.42 Å². The summed E-state index contributed by atoms with van der Waals surface area (Å²) in [6.45, 7) is 4.43. The van der Waals surface area contributed by atoms with E-state index in [2.05, 4.69) is 15.5 Å². The topological polar surface area (TPSA) is 79.9 Å². The minimum atomic E-state index is -0.128.